The molecule has 0 N–H and O–H groups in total. The van der Waals surface area contributed by atoms with E-state index in [2.05, 4.69) is 62.7 Å². The highest BCUT2D eigenvalue weighted by Gasteiger charge is 2.26. The average molecular weight is 425 g/mol. The number of nitrogens with zero attached hydrogens (tertiary/aromatic N) is 2. The van der Waals surface area contributed by atoms with Gasteiger partial charge in [0.1, 0.15) is 7.28 Å². The molecule has 0 amide bonds. The van der Waals surface area contributed by atoms with Gasteiger partial charge in [-0.05, 0) is 30.8 Å². The number of benzene rings is 1. The Labute approximate surface area is 186 Å². The Kier molecular flexibility index (Phi) is 7.86. The monoisotopic (exact) mass is 425 g/mol. The van der Waals surface area contributed by atoms with Crippen LogP contribution in [-0.4, -0.2) is 27.7 Å². The molecule has 5 heteroatoms. The van der Waals surface area contributed by atoms with E-state index >= 15 is 0 Å². The van der Waals surface area contributed by atoms with Crippen molar-refractivity contribution in [1.82, 2.24) is 9.97 Å². The third-order valence-corrected chi connectivity index (χ3v) is 9.67. The third kappa shape index (κ3) is 5.52. The van der Waals surface area contributed by atoms with Crippen molar-refractivity contribution in [2.75, 3.05) is 0 Å². The predicted molar refractivity (Wildman–Crippen MR) is 131 cm³/mol. The van der Waals surface area contributed by atoms with Crippen molar-refractivity contribution >= 4 is 41.8 Å². The molecule has 29 heavy (non-hydrogen) atoms. The highest BCUT2D eigenvalue weighted by molar-refractivity contribution is 8.03. The van der Waals surface area contributed by atoms with Gasteiger partial charge in [0.05, 0.1) is 22.4 Å². The van der Waals surface area contributed by atoms with Crippen LogP contribution in [0.3, 0.4) is 0 Å². The van der Waals surface area contributed by atoms with Crippen LogP contribution in [0.2, 0.25) is 6.82 Å². The van der Waals surface area contributed by atoms with Gasteiger partial charge in [-0.2, -0.15) is 23.5 Å². The van der Waals surface area contributed by atoms with Crippen LogP contribution in [0.4, 0.5) is 0 Å². The van der Waals surface area contributed by atoms with E-state index in [1.54, 1.807) is 0 Å². The first-order chi connectivity index (χ1) is 14.2. The molecule has 1 aliphatic carbocycles. The highest BCUT2D eigenvalue weighted by atomic mass is 32.2. The Bertz CT molecular complexity index is 813. The molecule has 155 valence electrons. The summed E-state index contributed by atoms with van der Waals surface area (Å²) in [6.45, 7) is 4.38. The van der Waals surface area contributed by atoms with Gasteiger partial charge in [0.25, 0.3) is 0 Å². The lowest BCUT2D eigenvalue weighted by atomic mass is 9.65. The fraction of sp³-hybridized carbons (Fsp3) is 0.667. The summed E-state index contributed by atoms with van der Waals surface area (Å²) in [4.78, 5) is 10.2. The van der Waals surface area contributed by atoms with Crippen molar-refractivity contribution in [3.63, 3.8) is 0 Å². The normalized spacial score (nSPS) is 25.0. The van der Waals surface area contributed by atoms with E-state index in [1.165, 1.54) is 74.7 Å². The molecule has 1 aromatic carbocycles. The molecule has 0 bridgehead atoms. The van der Waals surface area contributed by atoms with Crippen molar-refractivity contribution < 1.29 is 0 Å². The van der Waals surface area contributed by atoms with Crippen LogP contribution in [0.5, 0.6) is 0 Å². The van der Waals surface area contributed by atoms with Crippen LogP contribution < -0.4 is 0 Å². The maximum absolute atomic E-state index is 5.11. The van der Waals surface area contributed by atoms with Gasteiger partial charge < -0.3 is 0 Å². The summed E-state index contributed by atoms with van der Waals surface area (Å²) < 4.78 is 0. The first kappa shape index (κ1) is 21.6. The number of hydrogen-bond acceptors (Lipinski definition) is 4. The van der Waals surface area contributed by atoms with Gasteiger partial charge in [0.2, 0.25) is 0 Å². The molecule has 1 fully saturated rings. The second kappa shape index (κ2) is 10.6. The molecule has 2 nitrogen and oxygen atoms in total. The van der Waals surface area contributed by atoms with Gasteiger partial charge in [-0.25, -0.2) is 9.97 Å². The molecule has 4 rings (SSSR count). The van der Waals surface area contributed by atoms with Gasteiger partial charge in [-0.1, -0.05) is 70.3 Å². The smallest absolute Gasteiger partial charge is 0.115 e. The highest BCUT2D eigenvalue weighted by Crippen LogP contribution is 2.39. The van der Waals surface area contributed by atoms with E-state index < -0.39 is 0 Å². The van der Waals surface area contributed by atoms with Crippen molar-refractivity contribution in [1.29, 1.82) is 0 Å². The number of fused-ring (bicyclic) bond motifs is 3. The quantitative estimate of drug-likeness (QED) is 0.476. The Hall–Kier alpha value is -0.675. The standard InChI is InChI=1S/C24H34BN2S2/c1-17(25-2)18-12-13-19-20(14-18)27-22-16-29-24-11-9-7-5-3-4-6-8-10-23(24)28-15-21(22)26-19/h12-14,17,23-24H,3-11,15-16H2,1-2H3. The number of hydrogen-bond donors (Lipinski definition) is 0. The zero-order chi connectivity index (χ0) is 20.1. The molecule has 2 aliphatic rings. The van der Waals surface area contributed by atoms with Crippen molar-refractivity contribution in [3.05, 3.63) is 35.2 Å². The summed E-state index contributed by atoms with van der Waals surface area (Å²) >= 11 is 4.32. The van der Waals surface area contributed by atoms with E-state index in [-0.39, 0.29) is 0 Å². The van der Waals surface area contributed by atoms with E-state index in [9.17, 15) is 0 Å². The van der Waals surface area contributed by atoms with Crippen LogP contribution in [0.1, 0.15) is 87.5 Å². The Morgan fingerprint density at radius 1 is 0.828 bits per heavy atom. The van der Waals surface area contributed by atoms with Crippen LogP contribution in [0, 0.1) is 0 Å². The van der Waals surface area contributed by atoms with Gasteiger partial charge in [0.15, 0.2) is 0 Å². The summed E-state index contributed by atoms with van der Waals surface area (Å²) in [6.07, 6.45) is 12.7. The minimum atomic E-state index is 0.459. The van der Waals surface area contributed by atoms with E-state index in [1.807, 2.05) is 0 Å². The van der Waals surface area contributed by atoms with E-state index in [0.717, 1.165) is 33.0 Å². The molecule has 0 spiro atoms. The lowest BCUT2D eigenvalue weighted by Crippen LogP contribution is -2.23. The van der Waals surface area contributed by atoms with Crippen LogP contribution in [0.15, 0.2) is 18.2 Å². The lowest BCUT2D eigenvalue weighted by molar-refractivity contribution is 0.585. The fourth-order valence-corrected chi connectivity index (χ4v) is 7.60. The molecule has 3 atom stereocenters. The SMILES string of the molecule is C[B]C(C)c1ccc2nc3c(nc2c1)CSC1CCCCCCCCCC1SC3. The predicted octanol–water partition coefficient (Wildman–Crippen LogP) is 7.18. The van der Waals surface area contributed by atoms with E-state index in [0.29, 0.717) is 5.82 Å². The molecule has 1 aliphatic heterocycles. The fourth-order valence-electron chi connectivity index (χ4n) is 4.55. The molecular formula is C24H34BN2S2. The van der Waals surface area contributed by atoms with Crippen molar-refractivity contribution in [3.8, 4) is 0 Å². The molecular weight excluding hydrogens is 391 g/mol. The first-order valence-corrected chi connectivity index (χ1v) is 13.7. The minimum absolute atomic E-state index is 0.459. The zero-order valence-corrected chi connectivity index (χ0v) is 19.7. The average Bonchev–Trinajstić information content (AvgIpc) is 2.78. The molecule has 2 aromatic rings. The van der Waals surface area contributed by atoms with Crippen LogP contribution >= 0.6 is 23.5 Å². The second-order valence-electron chi connectivity index (χ2n) is 8.74. The van der Waals surface area contributed by atoms with Gasteiger partial charge in [0, 0.05) is 22.0 Å². The van der Waals surface area contributed by atoms with Crippen molar-refractivity contribution in [2.45, 2.75) is 99.4 Å². The van der Waals surface area contributed by atoms with Crippen LogP contribution in [0.25, 0.3) is 11.0 Å². The second-order valence-corrected chi connectivity index (χ2v) is 11.2. The van der Waals surface area contributed by atoms with Crippen molar-refractivity contribution in [2.24, 2.45) is 0 Å². The third-order valence-electron chi connectivity index (χ3n) is 6.63. The molecule has 0 saturated heterocycles. The number of aromatic nitrogens is 2. The Balaban J connectivity index is 1.57. The number of rotatable bonds is 2. The summed E-state index contributed by atoms with van der Waals surface area (Å²) in [5.41, 5.74) is 5.92. The zero-order valence-electron chi connectivity index (χ0n) is 18.0. The molecule has 1 radical (unpaired) electrons. The minimum Gasteiger partial charge on any atom is -0.248 e. The molecule has 1 aromatic heterocycles. The van der Waals surface area contributed by atoms with Gasteiger partial charge in [-0.3, -0.25) is 0 Å². The summed E-state index contributed by atoms with van der Waals surface area (Å²) in [6, 6.07) is 6.64. The molecule has 3 unspecified atom stereocenters. The van der Waals surface area contributed by atoms with Crippen LogP contribution in [-0.2, 0) is 11.5 Å². The van der Waals surface area contributed by atoms with Gasteiger partial charge >= 0.3 is 0 Å². The topological polar surface area (TPSA) is 25.8 Å². The largest absolute Gasteiger partial charge is 0.248 e. The first-order valence-electron chi connectivity index (χ1n) is 11.6. The Morgan fingerprint density at radius 3 is 1.97 bits per heavy atom. The molecule has 1 saturated carbocycles. The maximum atomic E-state index is 5.11. The Morgan fingerprint density at radius 2 is 1.38 bits per heavy atom. The number of thioether (sulfide) groups is 2. The van der Waals surface area contributed by atoms with E-state index in [4.69, 9.17) is 9.97 Å². The summed E-state index contributed by atoms with van der Waals surface area (Å²) in [5.74, 6) is 2.52. The summed E-state index contributed by atoms with van der Waals surface area (Å²) in [5, 5.41) is 1.57. The lowest BCUT2D eigenvalue weighted by Gasteiger charge is -2.29. The summed E-state index contributed by atoms with van der Waals surface area (Å²) in [7, 11) is 2.25. The van der Waals surface area contributed by atoms with Gasteiger partial charge in [-0.15, -0.1) is 0 Å². The molecule has 2 heterocycles. The maximum Gasteiger partial charge on any atom is 0.115 e.